The first-order chi connectivity index (χ1) is 9.19. The summed E-state index contributed by atoms with van der Waals surface area (Å²) in [4.78, 5) is 18.6. The smallest absolute Gasteiger partial charge is 0.316 e. The van der Waals surface area contributed by atoms with E-state index in [0.717, 1.165) is 11.3 Å². The summed E-state index contributed by atoms with van der Waals surface area (Å²) in [5.41, 5.74) is 1.89. The van der Waals surface area contributed by atoms with Crippen LogP contribution in [-0.4, -0.2) is 28.3 Å². The zero-order valence-corrected chi connectivity index (χ0v) is 11.9. The lowest BCUT2D eigenvalue weighted by atomic mass is 10.2. The number of nitrogens with zero attached hydrogens (tertiary/aromatic N) is 1. The van der Waals surface area contributed by atoms with Gasteiger partial charge in [-0.1, -0.05) is 35.5 Å². The van der Waals surface area contributed by atoms with E-state index in [1.807, 2.05) is 24.3 Å². The molecular weight excluding hydrogens is 284 g/mol. The number of aromatic nitrogens is 2. The number of halogens is 1. The highest BCUT2D eigenvalue weighted by molar-refractivity contribution is 7.99. The molecule has 0 saturated heterocycles. The van der Waals surface area contributed by atoms with Gasteiger partial charge >= 0.3 is 5.97 Å². The van der Waals surface area contributed by atoms with E-state index in [-0.39, 0.29) is 11.7 Å². The first-order valence-corrected chi connectivity index (χ1v) is 7.14. The van der Waals surface area contributed by atoms with Crippen molar-refractivity contribution in [2.45, 2.75) is 12.1 Å². The molecule has 0 fully saturated rings. The molecular formula is C13H13ClN2O2S. The fraction of sp³-hybridized carbons (Fsp3) is 0.231. The zero-order chi connectivity index (χ0) is 13.7. The standard InChI is InChI=1S/C13H13ClN2O2S/c1-2-18-12(17)8-19-13-15-7-11(16-13)9-3-5-10(14)6-4-9/h3-7H,2,8H2,1H3,(H,15,16). The van der Waals surface area contributed by atoms with Crippen molar-refractivity contribution in [1.29, 1.82) is 0 Å². The number of imidazole rings is 1. The minimum absolute atomic E-state index is 0.239. The molecule has 19 heavy (non-hydrogen) atoms. The number of hydrogen-bond acceptors (Lipinski definition) is 4. The number of esters is 1. The van der Waals surface area contributed by atoms with Gasteiger partial charge in [-0.15, -0.1) is 0 Å². The minimum Gasteiger partial charge on any atom is -0.465 e. The molecule has 1 aromatic carbocycles. The molecule has 2 aromatic rings. The van der Waals surface area contributed by atoms with Gasteiger partial charge in [0.2, 0.25) is 0 Å². The summed E-state index contributed by atoms with van der Waals surface area (Å²) in [5.74, 6) is 0.0125. The minimum atomic E-state index is -0.239. The Morgan fingerprint density at radius 2 is 2.16 bits per heavy atom. The Morgan fingerprint density at radius 3 is 2.84 bits per heavy atom. The van der Waals surface area contributed by atoms with Crippen molar-refractivity contribution in [2.75, 3.05) is 12.4 Å². The molecule has 0 aliphatic rings. The summed E-state index contributed by atoms with van der Waals surface area (Å²) in [6, 6.07) is 7.47. The summed E-state index contributed by atoms with van der Waals surface area (Å²) < 4.78 is 4.85. The van der Waals surface area contributed by atoms with E-state index in [1.54, 1.807) is 13.1 Å². The molecule has 1 heterocycles. The largest absolute Gasteiger partial charge is 0.465 e. The van der Waals surface area contributed by atoms with Crippen LogP contribution in [0.2, 0.25) is 5.02 Å². The molecule has 0 radical (unpaired) electrons. The van der Waals surface area contributed by atoms with Crippen molar-refractivity contribution in [3.05, 3.63) is 35.5 Å². The molecule has 6 heteroatoms. The van der Waals surface area contributed by atoms with Crippen LogP contribution in [0, 0.1) is 0 Å². The first kappa shape index (κ1) is 14.0. The topological polar surface area (TPSA) is 55.0 Å². The summed E-state index contributed by atoms with van der Waals surface area (Å²) >= 11 is 7.16. The Hall–Kier alpha value is -1.46. The lowest BCUT2D eigenvalue weighted by Crippen LogP contribution is -2.06. The van der Waals surface area contributed by atoms with Gasteiger partial charge in [0.05, 0.1) is 24.3 Å². The highest BCUT2D eigenvalue weighted by Crippen LogP contribution is 2.22. The van der Waals surface area contributed by atoms with Gasteiger partial charge in [0.1, 0.15) is 0 Å². The Labute approximate surface area is 120 Å². The quantitative estimate of drug-likeness (QED) is 0.679. The van der Waals surface area contributed by atoms with Crippen LogP contribution in [0.3, 0.4) is 0 Å². The van der Waals surface area contributed by atoms with Crippen molar-refractivity contribution < 1.29 is 9.53 Å². The second-order valence-electron chi connectivity index (χ2n) is 3.70. The molecule has 0 unspecified atom stereocenters. The second-order valence-corrected chi connectivity index (χ2v) is 5.10. The molecule has 1 N–H and O–H groups in total. The van der Waals surface area contributed by atoms with E-state index in [0.29, 0.717) is 16.8 Å². The molecule has 4 nitrogen and oxygen atoms in total. The summed E-state index contributed by atoms with van der Waals surface area (Å²) in [5, 5.41) is 1.39. The number of carbonyl (C=O) groups excluding carboxylic acids is 1. The third-order valence-electron chi connectivity index (χ3n) is 2.34. The van der Waals surface area contributed by atoms with Gasteiger partial charge < -0.3 is 9.72 Å². The fourth-order valence-electron chi connectivity index (χ4n) is 1.48. The highest BCUT2D eigenvalue weighted by Gasteiger charge is 2.07. The van der Waals surface area contributed by atoms with Gasteiger partial charge in [-0.2, -0.15) is 0 Å². The number of benzene rings is 1. The van der Waals surface area contributed by atoms with Gasteiger partial charge in [0.25, 0.3) is 0 Å². The molecule has 2 rings (SSSR count). The van der Waals surface area contributed by atoms with Crippen LogP contribution in [0.25, 0.3) is 11.3 Å². The molecule has 0 saturated carbocycles. The summed E-state index contributed by atoms with van der Waals surface area (Å²) in [6.07, 6.45) is 1.73. The molecule has 1 aromatic heterocycles. The van der Waals surface area contributed by atoms with Crippen LogP contribution in [0.5, 0.6) is 0 Å². The maximum absolute atomic E-state index is 11.2. The summed E-state index contributed by atoms with van der Waals surface area (Å²) in [6.45, 7) is 2.18. The molecule has 0 bridgehead atoms. The number of carbonyl (C=O) groups is 1. The zero-order valence-electron chi connectivity index (χ0n) is 10.4. The lowest BCUT2D eigenvalue weighted by Gasteiger charge is -1.99. The highest BCUT2D eigenvalue weighted by atomic mass is 35.5. The van der Waals surface area contributed by atoms with Crippen LogP contribution in [-0.2, 0) is 9.53 Å². The Bertz CT molecular complexity index is 554. The van der Waals surface area contributed by atoms with Crippen molar-refractivity contribution in [1.82, 2.24) is 9.97 Å². The van der Waals surface area contributed by atoms with Gasteiger partial charge in [-0.05, 0) is 24.6 Å². The van der Waals surface area contributed by atoms with Crippen LogP contribution in [0.4, 0.5) is 0 Å². The van der Waals surface area contributed by atoms with Crippen molar-refractivity contribution in [2.24, 2.45) is 0 Å². The molecule has 0 aliphatic heterocycles. The number of H-pyrrole nitrogens is 1. The third kappa shape index (κ3) is 4.01. The molecule has 0 atom stereocenters. The maximum Gasteiger partial charge on any atom is 0.316 e. The van der Waals surface area contributed by atoms with Crippen LogP contribution in [0.15, 0.2) is 35.6 Å². The van der Waals surface area contributed by atoms with Gasteiger partial charge in [-0.25, -0.2) is 4.98 Å². The van der Waals surface area contributed by atoms with Gasteiger partial charge in [-0.3, -0.25) is 4.79 Å². The molecule has 0 aliphatic carbocycles. The predicted molar refractivity (Wildman–Crippen MR) is 76.4 cm³/mol. The average molecular weight is 297 g/mol. The maximum atomic E-state index is 11.2. The monoisotopic (exact) mass is 296 g/mol. The third-order valence-corrected chi connectivity index (χ3v) is 3.45. The number of rotatable bonds is 5. The summed E-state index contributed by atoms with van der Waals surface area (Å²) in [7, 11) is 0. The second kappa shape index (κ2) is 6.63. The number of nitrogens with one attached hydrogen (secondary N) is 1. The fourth-order valence-corrected chi connectivity index (χ4v) is 2.26. The van der Waals surface area contributed by atoms with Crippen molar-refractivity contribution in [3.63, 3.8) is 0 Å². The van der Waals surface area contributed by atoms with Gasteiger partial charge in [0.15, 0.2) is 5.16 Å². The molecule has 0 amide bonds. The van der Waals surface area contributed by atoms with E-state index in [9.17, 15) is 4.79 Å². The Balaban J connectivity index is 1.99. The van der Waals surface area contributed by atoms with E-state index >= 15 is 0 Å². The number of hydrogen-bond donors (Lipinski definition) is 1. The van der Waals surface area contributed by atoms with Crippen LogP contribution < -0.4 is 0 Å². The molecule has 100 valence electrons. The average Bonchev–Trinajstić information content (AvgIpc) is 2.86. The number of thioether (sulfide) groups is 1. The SMILES string of the molecule is CCOC(=O)CSc1ncc(-c2ccc(Cl)cc2)[nH]1. The molecule has 0 spiro atoms. The van der Waals surface area contributed by atoms with E-state index < -0.39 is 0 Å². The number of aromatic amines is 1. The van der Waals surface area contributed by atoms with E-state index in [1.165, 1.54) is 11.8 Å². The Morgan fingerprint density at radius 1 is 1.42 bits per heavy atom. The van der Waals surface area contributed by atoms with Crippen molar-refractivity contribution in [3.8, 4) is 11.3 Å². The van der Waals surface area contributed by atoms with Gasteiger partial charge in [0, 0.05) is 5.02 Å². The Kier molecular flexibility index (Phi) is 4.87. The predicted octanol–water partition coefficient (Wildman–Crippen LogP) is 3.39. The lowest BCUT2D eigenvalue weighted by molar-refractivity contribution is -0.139. The van der Waals surface area contributed by atoms with Crippen molar-refractivity contribution >= 4 is 29.3 Å². The first-order valence-electron chi connectivity index (χ1n) is 5.78. The van der Waals surface area contributed by atoms with E-state index in [4.69, 9.17) is 16.3 Å². The van der Waals surface area contributed by atoms with E-state index in [2.05, 4.69) is 9.97 Å². The van der Waals surface area contributed by atoms with Crippen LogP contribution >= 0.6 is 23.4 Å². The van der Waals surface area contributed by atoms with Crippen LogP contribution in [0.1, 0.15) is 6.92 Å². The normalized spacial score (nSPS) is 10.4. The number of ether oxygens (including phenoxy) is 1.